The van der Waals surface area contributed by atoms with Crippen molar-refractivity contribution in [3.05, 3.63) is 10.8 Å². The third kappa shape index (κ3) is 2.03. The van der Waals surface area contributed by atoms with Gasteiger partial charge in [0.1, 0.15) is 5.01 Å². The van der Waals surface area contributed by atoms with Gasteiger partial charge in [0, 0.05) is 18.4 Å². The fourth-order valence-corrected chi connectivity index (χ4v) is 3.02. The van der Waals surface area contributed by atoms with Crippen molar-refractivity contribution in [3.63, 3.8) is 0 Å². The lowest BCUT2D eigenvalue weighted by Crippen LogP contribution is -2.28. The molecular formula is C12H19N5S. The van der Waals surface area contributed by atoms with Crippen LogP contribution < -0.4 is 5.73 Å². The van der Waals surface area contributed by atoms with Crippen molar-refractivity contribution in [2.45, 2.75) is 51.5 Å². The van der Waals surface area contributed by atoms with Crippen molar-refractivity contribution in [2.24, 2.45) is 11.7 Å². The van der Waals surface area contributed by atoms with Gasteiger partial charge >= 0.3 is 0 Å². The summed E-state index contributed by atoms with van der Waals surface area (Å²) in [5, 5.41) is 14.2. The van der Waals surface area contributed by atoms with Crippen LogP contribution in [0.2, 0.25) is 0 Å². The van der Waals surface area contributed by atoms with Gasteiger partial charge in [-0.15, -0.1) is 10.2 Å². The van der Waals surface area contributed by atoms with Crippen molar-refractivity contribution in [2.75, 3.05) is 0 Å². The van der Waals surface area contributed by atoms with E-state index in [1.54, 1.807) is 11.3 Å². The first-order valence-electron chi connectivity index (χ1n) is 6.61. The molecule has 1 fully saturated rings. The van der Waals surface area contributed by atoms with Crippen LogP contribution in [-0.4, -0.2) is 25.9 Å². The zero-order valence-electron chi connectivity index (χ0n) is 10.8. The second kappa shape index (κ2) is 4.59. The molecule has 2 N–H and O–H groups in total. The molecule has 2 aromatic heterocycles. The summed E-state index contributed by atoms with van der Waals surface area (Å²) in [4.78, 5) is 0.905. The molecule has 1 atom stereocenters. The summed E-state index contributed by atoms with van der Waals surface area (Å²) in [6.07, 6.45) is 4.57. The second-order valence-electron chi connectivity index (χ2n) is 5.49. The number of hydrogen-bond donors (Lipinski definition) is 1. The van der Waals surface area contributed by atoms with Gasteiger partial charge in [0.2, 0.25) is 4.96 Å². The molecule has 1 saturated carbocycles. The van der Waals surface area contributed by atoms with Crippen LogP contribution in [0.25, 0.3) is 4.96 Å². The van der Waals surface area contributed by atoms with Gasteiger partial charge < -0.3 is 5.73 Å². The largest absolute Gasteiger partial charge is 0.327 e. The number of fused-ring (bicyclic) bond motifs is 1. The highest BCUT2D eigenvalue weighted by molar-refractivity contribution is 7.16. The van der Waals surface area contributed by atoms with Gasteiger partial charge in [-0.25, -0.2) is 0 Å². The van der Waals surface area contributed by atoms with E-state index in [0.717, 1.165) is 22.2 Å². The Labute approximate surface area is 110 Å². The molecule has 0 spiro atoms. The predicted octanol–water partition coefficient (Wildman–Crippen LogP) is 1.98. The average Bonchev–Trinajstić information content (AvgIpc) is 2.77. The highest BCUT2D eigenvalue weighted by Crippen LogP contribution is 2.35. The third-order valence-electron chi connectivity index (χ3n) is 3.79. The molecule has 0 saturated heterocycles. The van der Waals surface area contributed by atoms with Crippen LogP contribution in [0.3, 0.4) is 0 Å². The van der Waals surface area contributed by atoms with Crippen molar-refractivity contribution < 1.29 is 0 Å². The number of nitrogens with zero attached hydrogens (tertiary/aromatic N) is 4. The zero-order chi connectivity index (χ0) is 12.7. The normalized spacial score (nSPS) is 18.4. The molecule has 5 nitrogen and oxygen atoms in total. The minimum absolute atomic E-state index is 0.168. The molecule has 0 radical (unpaired) electrons. The first-order chi connectivity index (χ1) is 8.65. The van der Waals surface area contributed by atoms with Crippen LogP contribution in [0, 0.1) is 5.92 Å². The van der Waals surface area contributed by atoms with Gasteiger partial charge in [-0.05, 0) is 18.8 Å². The van der Waals surface area contributed by atoms with Crippen molar-refractivity contribution in [1.82, 2.24) is 19.8 Å². The quantitative estimate of drug-likeness (QED) is 0.917. The van der Waals surface area contributed by atoms with Gasteiger partial charge in [-0.2, -0.15) is 9.61 Å². The second-order valence-corrected chi connectivity index (χ2v) is 6.53. The van der Waals surface area contributed by atoms with E-state index in [9.17, 15) is 0 Å². The molecule has 1 unspecified atom stereocenters. The Morgan fingerprint density at radius 3 is 2.78 bits per heavy atom. The summed E-state index contributed by atoms with van der Waals surface area (Å²) in [6, 6.07) is 0.168. The third-order valence-corrected chi connectivity index (χ3v) is 4.71. The summed E-state index contributed by atoms with van der Waals surface area (Å²) in [5.41, 5.74) is 6.10. The van der Waals surface area contributed by atoms with Gasteiger partial charge in [-0.3, -0.25) is 0 Å². The van der Waals surface area contributed by atoms with Crippen molar-refractivity contribution >= 4 is 16.3 Å². The molecule has 0 bridgehead atoms. The van der Waals surface area contributed by atoms with E-state index in [4.69, 9.17) is 5.73 Å². The molecule has 0 aliphatic heterocycles. The summed E-state index contributed by atoms with van der Waals surface area (Å²) in [5.74, 6) is 2.08. The lowest BCUT2D eigenvalue weighted by Gasteiger charge is -2.22. The molecular weight excluding hydrogens is 246 g/mol. The van der Waals surface area contributed by atoms with Gasteiger partial charge in [0.15, 0.2) is 5.82 Å². The fourth-order valence-electron chi connectivity index (χ4n) is 2.11. The number of aromatic nitrogens is 4. The Balaban J connectivity index is 1.84. The molecule has 2 aromatic rings. The summed E-state index contributed by atoms with van der Waals surface area (Å²) >= 11 is 1.61. The Morgan fingerprint density at radius 1 is 1.39 bits per heavy atom. The Bertz CT molecular complexity index is 540. The lowest BCUT2D eigenvalue weighted by molar-refractivity contribution is 0.394. The maximum atomic E-state index is 6.10. The molecule has 6 heteroatoms. The SMILES string of the molecule is CC(C)C(N)Cc1nn2c(C3CCC3)nnc2s1. The van der Waals surface area contributed by atoms with E-state index >= 15 is 0 Å². The highest BCUT2D eigenvalue weighted by atomic mass is 32.1. The van der Waals surface area contributed by atoms with Crippen molar-refractivity contribution in [3.8, 4) is 0 Å². The average molecular weight is 265 g/mol. The minimum atomic E-state index is 0.168. The predicted molar refractivity (Wildman–Crippen MR) is 71.8 cm³/mol. The van der Waals surface area contributed by atoms with Gasteiger partial charge in [-0.1, -0.05) is 31.6 Å². The molecule has 1 aliphatic carbocycles. The number of rotatable bonds is 4. The molecule has 3 rings (SSSR count). The maximum absolute atomic E-state index is 6.10. The van der Waals surface area contributed by atoms with Crippen LogP contribution in [0.15, 0.2) is 0 Å². The maximum Gasteiger partial charge on any atom is 0.234 e. The van der Waals surface area contributed by atoms with E-state index in [1.165, 1.54) is 19.3 Å². The fraction of sp³-hybridized carbons (Fsp3) is 0.750. The number of hydrogen-bond acceptors (Lipinski definition) is 5. The van der Waals surface area contributed by atoms with Gasteiger partial charge in [0.05, 0.1) is 0 Å². The summed E-state index contributed by atoms with van der Waals surface area (Å²) in [7, 11) is 0. The molecule has 0 amide bonds. The minimum Gasteiger partial charge on any atom is -0.327 e. The summed E-state index contributed by atoms with van der Waals surface area (Å²) < 4.78 is 1.93. The topological polar surface area (TPSA) is 69.1 Å². The van der Waals surface area contributed by atoms with Gasteiger partial charge in [0.25, 0.3) is 0 Å². The van der Waals surface area contributed by atoms with E-state index < -0.39 is 0 Å². The Kier molecular flexibility index (Phi) is 3.07. The smallest absolute Gasteiger partial charge is 0.234 e. The standard InChI is InChI=1S/C12H19N5S/c1-7(2)9(13)6-10-16-17-11(8-4-3-5-8)14-15-12(17)18-10/h7-9H,3-6,13H2,1-2H3. The highest BCUT2D eigenvalue weighted by Gasteiger charge is 2.26. The zero-order valence-corrected chi connectivity index (χ0v) is 11.7. The molecule has 0 aromatic carbocycles. The monoisotopic (exact) mass is 265 g/mol. The van der Waals surface area contributed by atoms with E-state index in [0.29, 0.717) is 11.8 Å². The number of nitrogens with two attached hydrogens (primary N) is 1. The molecule has 2 heterocycles. The van der Waals surface area contributed by atoms with E-state index in [2.05, 4.69) is 29.1 Å². The summed E-state index contributed by atoms with van der Waals surface area (Å²) in [6.45, 7) is 4.29. The molecule has 1 aliphatic rings. The van der Waals surface area contributed by atoms with Crippen LogP contribution in [0.5, 0.6) is 0 Å². The van der Waals surface area contributed by atoms with E-state index in [-0.39, 0.29) is 6.04 Å². The van der Waals surface area contributed by atoms with Crippen molar-refractivity contribution in [1.29, 1.82) is 0 Å². The van der Waals surface area contributed by atoms with Crippen LogP contribution in [0.4, 0.5) is 0 Å². The van der Waals surface area contributed by atoms with Crippen LogP contribution >= 0.6 is 11.3 Å². The lowest BCUT2D eigenvalue weighted by atomic mass is 9.85. The van der Waals surface area contributed by atoms with Crippen LogP contribution in [0.1, 0.15) is 49.9 Å². The first-order valence-corrected chi connectivity index (χ1v) is 7.43. The Hall–Kier alpha value is -1.01. The molecule has 18 heavy (non-hydrogen) atoms. The first kappa shape index (κ1) is 12.0. The molecule has 98 valence electrons. The van der Waals surface area contributed by atoms with Crippen LogP contribution in [-0.2, 0) is 6.42 Å². The van der Waals surface area contributed by atoms with E-state index in [1.807, 2.05) is 4.52 Å². The Morgan fingerprint density at radius 2 is 2.17 bits per heavy atom.